The van der Waals surface area contributed by atoms with Crippen molar-refractivity contribution in [2.45, 2.75) is 6.10 Å². The molecule has 2 aliphatic rings. The van der Waals surface area contributed by atoms with Gasteiger partial charge in [0.25, 0.3) is 0 Å². The molecule has 1 saturated heterocycles. The molecular weight excluding hydrogens is 249 g/mol. The van der Waals surface area contributed by atoms with Gasteiger partial charge in [0.15, 0.2) is 17.3 Å². The highest BCUT2D eigenvalue weighted by Crippen LogP contribution is 2.43. The quantitative estimate of drug-likeness (QED) is 0.836. The van der Waals surface area contributed by atoms with Gasteiger partial charge in [0.2, 0.25) is 6.79 Å². The summed E-state index contributed by atoms with van der Waals surface area (Å²) in [7, 11) is 0. The summed E-state index contributed by atoms with van der Waals surface area (Å²) in [6.45, 7) is 1.96. The summed E-state index contributed by atoms with van der Waals surface area (Å²) < 4.78 is 29.9. The van der Waals surface area contributed by atoms with Gasteiger partial charge in [-0.2, -0.15) is 0 Å². The first-order valence-corrected chi connectivity index (χ1v) is 5.75. The van der Waals surface area contributed by atoms with Gasteiger partial charge in [-0.25, -0.2) is 4.39 Å². The highest BCUT2D eigenvalue weighted by molar-refractivity contribution is 6.32. The van der Waals surface area contributed by atoms with E-state index in [1.54, 1.807) is 6.07 Å². The Kier molecular flexibility index (Phi) is 2.82. The molecule has 0 aromatic heterocycles. The van der Waals surface area contributed by atoms with E-state index in [9.17, 15) is 4.39 Å². The molecule has 2 aliphatic heterocycles. The maximum absolute atomic E-state index is 14.1. The molecule has 1 aromatic carbocycles. The molecule has 1 atom stereocenters. The average Bonchev–Trinajstić information content (AvgIpc) is 2.83. The van der Waals surface area contributed by atoms with Crippen LogP contribution in [0, 0.1) is 5.82 Å². The first-order chi connectivity index (χ1) is 8.27. The zero-order valence-electron chi connectivity index (χ0n) is 8.96. The molecule has 1 unspecified atom stereocenters. The lowest BCUT2D eigenvalue weighted by molar-refractivity contribution is 0.0254. The molecule has 1 aromatic rings. The van der Waals surface area contributed by atoms with E-state index in [1.807, 2.05) is 0 Å². The van der Waals surface area contributed by atoms with Gasteiger partial charge in [0, 0.05) is 18.7 Å². The van der Waals surface area contributed by atoms with Crippen molar-refractivity contribution in [3.05, 3.63) is 22.5 Å². The molecular formula is C11H11ClFNO3. The Morgan fingerprint density at radius 3 is 3.06 bits per heavy atom. The van der Waals surface area contributed by atoms with Crippen molar-refractivity contribution in [1.29, 1.82) is 0 Å². The Morgan fingerprint density at radius 2 is 2.29 bits per heavy atom. The SMILES string of the molecule is Fc1c(C2CNCCO2)cc2c(c1Cl)OCO2. The molecule has 0 bridgehead atoms. The number of hydrogen-bond acceptors (Lipinski definition) is 4. The predicted molar refractivity (Wildman–Crippen MR) is 59.1 cm³/mol. The van der Waals surface area contributed by atoms with Gasteiger partial charge in [-0.05, 0) is 6.07 Å². The van der Waals surface area contributed by atoms with E-state index in [1.165, 1.54) is 0 Å². The van der Waals surface area contributed by atoms with Crippen molar-refractivity contribution < 1.29 is 18.6 Å². The fraction of sp³-hybridized carbons (Fsp3) is 0.455. The number of halogens is 2. The third kappa shape index (κ3) is 1.84. The maximum Gasteiger partial charge on any atom is 0.231 e. The Bertz CT molecular complexity index is 449. The third-order valence-corrected chi connectivity index (χ3v) is 3.19. The number of hydrogen-bond donors (Lipinski definition) is 1. The molecule has 0 saturated carbocycles. The van der Waals surface area contributed by atoms with E-state index in [0.29, 0.717) is 24.5 Å². The van der Waals surface area contributed by atoms with E-state index >= 15 is 0 Å². The molecule has 2 heterocycles. The van der Waals surface area contributed by atoms with Crippen LogP contribution in [-0.4, -0.2) is 26.5 Å². The zero-order valence-corrected chi connectivity index (χ0v) is 9.72. The Hall–Kier alpha value is -1.04. The molecule has 3 rings (SSSR count). The van der Waals surface area contributed by atoms with Gasteiger partial charge in [-0.1, -0.05) is 11.6 Å². The van der Waals surface area contributed by atoms with Gasteiger partial charge >= 0.3 is 0 Å². The van der Waals surface area contributed by atoms with E-state index < -0.39 is 5.82 Å². The van der Waals surface area contributed by atoms with E-state index in [-0.39, 0.29) is 23.7 Å². The van der Waals surface area contributed by atoms with Crippen LogP contribution in [0.4, 0.5) is 4.39 Å². The first-order valence-electron chi connectivity index (χ1n) is 5.37. The lowest BCUT2D eigenvalue weighted by atomic mass is 10.1. The number of benzene rings is 1. The van der Waals surface area contributed by atoms with Crippen LogP contribution in [-0.2, 0) is 4.74 Å². The molecule has 0 spiro atoms. The summed E-state index contributed by atoms with van der Waals surface area (Å²) in [5.41, 5.74) is 0.409. The van der Waals surface area contributed by atoms with Gasteiger partial charge in [-0.15, -0.1) is 0 Å². The van der Waals surface area contributed by atoms with Crippen LogP contribution >= 0.6 is 11.6 Å². The van der Waals surface area contributed by atoms with Crippen LogP contribution in [0.5, 0.6) is 11.5 Å². The van der Waals surface area contributed by atoms with Crippen LogP contribution in [0.3, 0.4) is 0 Å². The fourth-order valence-electron chi connectivity index (χ4n) is 2.00. The second-order valence-electron chi connectivity index (χ2n) is 3.89. The summed E-state index contributed by atoms with van der Waals surface area (Å²) in [5.74, 6) is 0.252. The Balaban J connectivity index is 2.01. The highest BCUT2D eigenvalue weighted by Gasteiger charge is 2.28. The number of nitrogens with one attached hydrogen (secondary N) is 1. The summed E-state index contributed by atoms with van der Waals surface area (Å²) in [6, 6.07) is 1.60. The molecule has 0 radical (unpaired) electrons. The molecule has 6 heteroatoms. The van der Waals surface area contributed by atoms with Crippen LogP contribution in [0.25, 0.3) is 0 Å². The summed E-state index contributed by atoms with van der Waals surface area (Å²) in [6.07, 6.45) is -0.337. The number of ether oxygens (including phenoxy) is 3. The number of fused-ring (bicyclic) bond motifs is 1. The summed E-state index contributed by atoms with van der Waals surface area (Å²) in [5, 5.41) is 3.10. The molecule has 17 heavy (non-hydrogen) atoms. The second kappa shape index (κ2) is 4.33. The average molecular weight is 260 g/mol. The van der Waals surface area contributed by atoms with E-state index in [0.717, 1.165) is 6.54 Å². The van der Waals surface area contributed by atoms with Crippen molar-refractivity contribution >= 4 is 11.6 Å². The monoisotopic (exact) mass is 259 g/mol. The van der Waals surface area contributed by atoms with Crippen LogP contribution in [0.15, 0.2) is 6.07 Å². The smallest absolute Gasteiger partial charge is 0.231 e. The van der Waals surface area contributed by atoms with Crippen molar-refractivity contribution in [2.24, 2.45) is 0 Å². The lowest BCUT2D eigenvalue weighted by Gasteiger charge is -2.24. The predicted octanol–water partition coefficient (Wildman–Crippen LogP) is 1.87. The Morgan fingerprint density at radius 1 is 1.41 bits per heavy atom. The minimum absolute atomic E-state index is 0.0378. The van der Waals surface area contributed by atoms with Gasteiger partial charge < -0.3 is 19.5 Å². The van der Waals surface area contributed by atoms with E-state index in [4.69, 9.17) is 25.8 Å². The normalized spacial score (nSPS) is 22.8. The second-order valence-corrected chi connectivity index (χ2v) is 4.27. The number of rotatable bonds is 1. The lowest BCUT2D eigenvalue weighted by Crippen LogP contribution is -2.33. The fourth-order valence-corrected chi connectivity index (χ4v) is 2.25. The topological polar surface area (TPSA) is 39.7 Å². The maximum atomic E-state index is 14.1. The van der Waals surface area contributed by atoms with Gasteiger partial charge in [-0.3, -0.25) is 0 Å². The zero-order chi connectivity index (χ0) is 11.8. The third-order valence-electron chi connectivity index (χ3n) is 2.85. The van der Waals surface area contributed by atoms with E-state index in [2.05, 4.69) is 5.32 Å². The summed E-state index contributed by atoms with van der Waals surface area (Å²) >= 11 is 5.91. The van der Waals surface area contributed by atoms with Crippen LogP contribution < -0.4 is 14.8 Å². The van der Waals surface area contributed by atoms with Crippen molar-refractivity contribution in [2.75, 3.05) is 26.5 Å². The minimum atomic E-state index is -0.496. The highest BCUT2D eigenvalue weighted by atomic mass is 35.5. The summed E-state index contributed by atoms with van der Waals surface area (Å²) in [4.78, 5) is 0. The van der Waals surface area contributed by atoms with Gasteiger partial charge in [0.1, 0.15) is 5.02 Å². The molecule has 1 N–H and O–H groups in total. The molecule has 0 aliphatic carbocycles. The van der Waals surface area contributed by atoms with Crippen molar-refractivity contribution in [3.8, 4) is 11.5 Å². The first kappa shape index (κ1) is 11.1. The molecule has 0 amide bonds. The number of morpholine rings is 1. The largest absolute Gasteiger partial charge is 0.454 e. The van der Waals surface area contributed by atoms with Crippen molar-refractivity contribution in [1.82, 2.24) is 5.32 Å². The van der Waals surface area contributed by atoms with Gasteiger partial charge in [0.05, 0.1) is 12.7 Å². The van der Waals surface area contributed by atoms with Crippen LogP contribution in [0.1, 0.15) is 11.7 Å². The molecule has 4 nitrogen and oxygen atoms in total. The van der Waals surface area contributed by atoms with Crippen LogP contribution in [0.2, 0.25) is 5.02 Å². The molecule has 1 fully saturated rings. The standard InChI is InChI=1S/C11H11ClFNO3/c12-9-10(13)6(8-4-14-1-2-15-8)3-7-11(9)17-5-16-7/h3,8,14H,1-2,4-5H2. The minimum Gasteiger partial charge on any atom is -0.454 e. The Labute approximate surface area is 103 Å². The molecule has 92 valence electrons. The van der Waals surface area contributed by atoms with Crippen molar-refractivity contribution in [3.63, 3.8) is 0 Å².